The number of para-hydroxylation sites is 1. The van der Waals surface area contributed by atoms with Crippen LogP contribution >= 0.6 is 0 Å². The van der Waals surface area contributed by atoms with Crippen molar-refractivity contribution in [3.63, 3.8) is 0 Å². The maximum absolute atomic E-state index is 12.4. The Morgan fingerprint density at radius 3 is 2.65 bits per heavy atom. The van der Waals surface area contributed by atoms with Crippen LogP contribution < -0.4 is 5.32 Å². The maximum Gasteiger partial charge on any atom is 0.227 e. The maximum atomic E-state index is 12.4. The van der Waals surface area contributed by atoms with Crippen molar-refractivity contribution in [3.05, 3.63) is 29.8 Å². The SMILES string of the molecule is O=CN1CCC(C2CCc3ccccc3NC2=O)CC1. The zero-order chi connectivity index (χ0) is 13.9. The van der Waals surface area contributed by atoms with Crippen LogP contribution in [0.15, 0.2) is 24.3 Å². The Bertz CT molecular complexity index is 507. The molecule has 0 aliphatic carbocycles. The minimum absolute atomic E-state index is 0.0798. The van der Waals surface area contributed by atoms with E-state index in [0.717, 1.165) is 50.9 Å². The van der Waals surface area contributed by atoms with Crippen LogP contribution in [0, 0.1) is 11.8 Å². The number of likely N-dealkylation sites (tertiary alicyclic amines) is 1. The summed E-state index contributed by atoms with van der Waals surface area (Å²) in [6.07, 6.45) is 4.65. The van der Waals surface area contributed by atoms with Gasteiger partial charge in [-0.2, -0.15) is 0 Å². The molecule has 106 valence electrons. The highest BCUT2D eigenvalue weighted by molar-refractivity contribution is 5.94. The Hall–Kier alpha value is -1.84. The fraction of sp³-hybridized carbons (Fsp3) is 0.500. The molecule has 2 heterocycles. The van der Waals surface area contributed by atoms with E-state index >= 15 is 0 Å². The first-order valence-corrected chi connectivity index (χ1v) is 7.36. The molecule has 0 aromatic heterocycles. The van der Waals surface area contributed by atoms with Crippen molar-refractivity contribution in [1.82, 2.24) is 4.90 Å². The van der Waals surface area contributed by atoms with Gasteiger partial charge in [0.25, 0.3) is 0 Å². The quantitative estimate of drug-likeness (QED) is 0.838. The van der Waals surface area contributed by atoms with E-state index < -0.39 is 0 Å². The second-order valence-corrected chi connectivity index (χ2v) is 5.77. The van der Waals surface area contributed by atoms with Crippen molar-refractivity contribution in [2.24, 2.45) is 11.8 Å². The molecule has 1 aromatic rings. The molecule has 0 radical (unpaired) electrons. The molecular formula is C16H20N2O2. The zero-order valence-corrected chi connectivity index (χ0v) is 11.5. The summed E-state index contributed by atoms with van der Waals surface area (Å²) in [5.74, 6) is 0.635. The molecule has 2 aliphatic heterocycles. The van der Waals surface area contributed by atoms with Gasteiger partial charge in [-0.3, -0.25) is 9.59 Å². The molecule has 0 spiro atoms. The van der Waals surface area contributed by atoms with Crippen LogP contribution in [0.2, 0.25) is 0 Å². The van der Waals surface area contributed by atoms with Crippen molar-refractivity contribution in [2.45, 2.75) is 25.7 Å². The second-order valence-electron chi connectivity index (χ2n) is 5.77. The van der Waals surface area contributed by atoms with Gasteiger partial charge in [-0.25, -0.2) is 0 Å². The minimum atomic E-state index is 0.0798. The van der Waals surface area contributed by atoms with E-state index in [1.54, 1.807) is 4.90 Å². The van der Waals surface area contributed by atoms with Gasteiger partial charge in [0, 0.05) is 24.7 Å². The number of anilines is 1. The summed E-state index contributed by atoms with van der Waals surface area (Å²) in [5.41, 5.74) is 2.19. The fourth-order valence-electron chi connectivity index (χ4n) is 3.40. The number of hydrogen-bond donors (Lipinski definition) is 1. The molecule has 1 unspecified atom stereocenters. The van der Waals surface area contributed by atoms with Crippen molar-refractivity contribution >= 4 is 18.0 Å². The summed E-state index contributed by atoms with van der Waals surface area (Å²) < 4.78 is 0. The molecule has 1 aromatic carbocycles. The summed E-state index contributed by atoms with van der Waals surface area (Å²) in [5, 5.41) is 3.07. The standard InChI is InChI=1S/C16H20N2O2/c19-11-18-9-7-12(8-10-18)14-6-5-13-3-1-2-4-15(13)17-16(14)20/h1-4,11-12,14H,5-10H2,(H,17,20). The molecule has 3 rings (SSSR count). The summed E-state index contributed by atoms with van der Waals surface area (Å²) in [6.45, 7) is 1.57. The molecule has 20 heavy (non-hydrogen) atoms. The molecule has 0 saturated carbocycles. The Morgan fingerprint density at radius 1 is 1.15 bits per heavy atom. The van der Waals surface area contributed by atoms with Crippen LogP contribution in [0.5, 0.6) is 0 Å². The molecule has 2 aliphatic rings. The van der Waals surface area contributed by atoms with Crippen LogP contribution in [0.3, 0.4) is 0 Å². The van der Waals surface area contributed by atoms with Crippen LogP contribution in [0.25, 0.3) is 0 Å². The topological polar surface area (TPSA) is 49.4 Å². The van der Waals surface area contributed by atoms with Crippen molar-refractivity contribution in [2.75, 3.05) is 18.4 Å². The summed E-state index contributed by atoms with van der Waals surface area (Å²) in [6, 6.07) is 8.05. The molecule has 1 fully saturated rings. The zero-order valence-electron chi connectivity index (χ0n) is 11.5. The molecule has 1 atom stereocenters. The first kappa shape index (κ1) is 13.2. The normalized spacial score (nSPS) is 23.7. The van der Waals surface area contributed by atoms with Crippen molar-refractivity contribution in [1.29, 1.82) is 0 Å². The molecule has 2 amide bonds. The highest BCUT2D eigenvalue weighted by atomic mass is 16.2. The lowest BCUT2D eigenvalue weighted by Gasteiger charge is -2.33. The van der Waals surface area contributed by atoms with Crippen LogP contribution in [0.4, 0.5) is 5.69 Å². The van der Waals surface area contributed by atoms with Gasteiger partial charge >= 0.3 is 0 Å². The smallest absolute Gasteiger partial charge is 0.227 e. The first-order chi connectivity index (χ1) is 9.78. The summed E-state index contributed by atoms with van der Waals surface area (Å²) in [4.78, 5) is 25.0. The first-order valence-electron chi connectivity index (χ1n) is 7.36. The number of nitrogens with one attached hydrogen (secondary N) is 1. The van der Waals surface area contributed by atoms with Crippen molar-refractivity contribution in [3.8, 4) is 0 Å². The van der Waals surface area contributed by atoms with E-state index in [1.165, 1.54) is 5.56 Å². The minimum Gasteiger partial charge on any atom is -0.345 e. The van der Waals surface area contributed by atoms with Crippen LogP contribution in [-0.2, 0) is 16.0 Å². The number of amides is 2. The van der Waals surface area contributed by atoms with E-state index in [2.05, 4.69) is 11.4 Å². The van der Waals surface area contributed by atoms with E-state index in [-0.39, 0.29) is 11.8 Å². The van der Waals surface area contributed by atoms with Crippen molar-refractivity contribution < 1.29 is 9.59 Å². The van der Waals surface area contributed by atoms with E-state index in [0.29, 0.717) is 5.92 Å². The monoisotopic (exact) mass is 272 g/mol. The average Bonchev–Trinajstić information content (AvgIpc) is 2.66. The lowest BCUT2D eigenvalue weighted by Crippen LogP contribution is -2.38. The number of carbonyl (C=O) groups is 2. The summed E-state index contributed by atoms with van der Waals surface area (Å²) in [7, 11) is 0. The Labute approximate surface area is 119 Å². The van der Waals surface area contributed by atoms with Gasteiger partial charge in [-0.15, -0.1) is 0 Å². The number of fused-ring (bicyclic) bond motifs is 1. The number of nitrogens with zero attached hydrogens (tertiary/aromatic N) is 1. The van der Waals surface area contributed by atoms with Gasteiger partial charge in [-0.1, -0.05) is 18.2 Å². The van der Waals surface area contributed by atoms with Gasteiger partial charge in [0.1, 0.15) is 0 Å². The van der Waals surface area contributed by atoms with E-state index in [9.17, 15) is 9.59 Å². The van der Waals surface area contributed by atoms with E-state index in [1.807, 2.05) is 18.2 Å². The number of aryl methyl sites for hydroxylation is 1. The van der Waals surface area contributed by atoms with Gasteiger partial charge in [0.2, 0.25) is 12.3 Å². The third-order valence-electron chi connectivity index (χ3n) is 4.63. The molecular weight excluding hydrogens is 252 g/mol. The molecule has 0 bridgehead atoms. The molecule has 1 N–H and O–H groups in total. The Morgan fingerprint density at radius 2 is 1.90 bits per heavy atom. The number of rotatable bonds is 2. The van der Waals surface area contributed by atoms with Gasteiger partial charge in [0.15, 0.2) is 0 Å². The summed E-state index contributed by atoms with van der Waals surface area (Å²) >= 11 is 0. The number of piperidine rings is 1. The van der Waals surface area contributed by atoms with Gasteiger partial charge < -0.3 is 10.2 Å². The largest absolute Gasteiger partial charge is 0.345 e. The average molecular weight is 272 g/mol. The highest BCUT2D eigenvalue weighted by Crippen LogP contribution is 2.32. The molecule has 4 heteroatoms. The lowest BCUT2D eigenvalue weighted by molar-refractivity contribution is -0.123. The lowest BCUT2D eigenvalue weighted by atomic mass is 9.81. The van der Waals surface area contributed by atoms with Crippen LogP contribution in [-0.4, -0.2) is 30.3 Å². The second kappa shape index (κ2) is 5.65. The highest BCUT2D eigenvalue weighted by Gasteiger charge is 2.32. The number of carbonyl (C=O) groups excluding carboxylic acids is 2. The third-order valence-corrected chi connectivity index (χ3v) is 4.63. The molecule has 1 saturated heterocycles. The van der Waals surface area contributed by atoms with Gasteiger partial charge in [-0.05, 0) is 43.2 Å². The van der Waals surface area contributed by atoms with Crippen LogP contribution in [0.1, 0.15) is 24.8 Å². The number of benzene rings is 1. The molecule has 4 nitrogen and oxygen atoms in total. The fourth-order valence-corrected chi connectivity index (χ4v) is 3.40. The number of hydrogen-bond acceptors (Lipinski definition) is 2. The predicted octanol–water partition coefficient (Wildman–Crippen LogP) is 2.06. The van der Waals surface area contributed by atoms with E-state index in [4.69, 9.17) is 0 Å². The third kappa shape index (κ3) is 2.55. The predicted molar refractivity (Wildman–Crippen MR) is 77.2 cm³/mol. The Balaban J connectivity index is 1.70. The van der Waals surface area contributed by atoms with Gasteiger partial charge in [0.05, 0.1) is 0 Å². The Kier molecular flexibility index (Phi) is 3.72.